The molecule has 0 saturated heterocycles. The molecule has 0 amide bonds. The van der Waals surface area contributed by atoms with Crippen molar-refractivity contribution in [3.8, 4) is 0 Å². The van der Waals surface area contributed by atoms with Crippen LogP contribution in [0.4, 0.5) is 0 Å². The third-order valence-corrected chi connectivity index (χ3v) is 38.5. The second-order valence-corrected chi connectivity index (χ2v) is 45.5. The number of hydrogen-bond acceptors (Lipinski definition) is 13. The van der Waals surface area contributed by atoms with E-state index in [1.165, 1.54) is 127 Å². The van der Waals surface area contributed by atoms with Crippen molar-refractivity contribution in [1.82, 2.24) is 24.5 Å². The van der Waals surface area contributed by atoms with E-state index in [2.05, 4.69) is 59.8 Å². The van der Waals surface area contributed by atoms with Gasteiger partial charge < -0.3 is 29.4 Å². The van der Waals surface area contributed by atoms with Crippen molar-refractivity contribution >= 4 is 23.1 Å². The molecule has 16 aliphatic carbocycles. The zero-order chi connectivity index (χ0) is 83.0. The molecule has 0 spiro atoms. The average molecular weight is 1610 g/mol. The van der Waals surface area contributed by atoms with Crippen molar-refractivity contribution in [1.29, 1.82) is 0 Å². The highest BCUT2D eigenvalue weighted by Gasteiger charge is 2.64. The summed E-state index contributed by atoms with van der Waals surface area (Å²) in [6.45, 7) is 23.7. The Labute approximate surface area is 707 Å². The van der Waals surface area contributed by atoms with Crippen molar-refractivity contribution in [3.63, 3.8) is 0 Å². The summed E-state index contributed by atoms with van der Waals surface area (Å²) in [5, 5.41) is 42.2. The van der Waals surface area contributed by atoms with Gasteiger partial charge in [0.1, 0.15) is 34.7 Å². The number of carbonyl (C=O) groups excluding carboxylic acids is 4. The minimum Gasteiger partial charge on any atom is -0.445 e. The monoisotopic (exact) mass is 1610 g/mol. The Hall–Kier alpha value is -5.28. The van der Waals surface area contributed by atoms with Crippen LogP contribution in [0.2, 0.25) is 0 Å². The summed E-state index contributed by atoms with van der Waals surface area (Å²) in [6.07, 6.45) is 51.1. The first-order chi connectivity index (χ1) is 56.1. The number of ketones is 4. The molecule has 4 N–H and O–H groups in total. The van der Waals surface area contributed by atoms with Gasteiger partial charge in [-0.05, 0) is 419 Å². The number of pyridine rings is 2. The van der Waals surface area contributed by atoms with Crippen LogP contribution in [0.25, 0.3) is 0 Å². The number of nitrogens with zero attached hydrogens (tertiary/aromatic N) is 5. The van der Waals surface area contributed by atoms with E-state index in [1.807, 2.05) is 103 Å². The molecule has 0 aromatic carbocycles. The molecule has 0 unspecified atom stereocenters. The number of allylic oxidation sites excluding steroid dienone is 2. The predicted octanol–water partition coefficient (Wildman–Crippen LogP) is 20.5. The number of hydrogen-bond donors (Lipinski definition) is 4. The van der Waals surface area contributed by atoms with Crippen LogP contribution in [0.3, 0.4) is 0 Å². The molecule has 20 rings (SSSR count). The lowest BCUT2D eigenvalue weighted by Crippen LogP contribution is -2.51. The first kappa shape index (κ1) is 84.9. The van der Waals surface area contributed by atoms with E-state index in [-0.39, 0.29) is 45.3 Å². The van der Waals surface area contributed by atoms with E-state index >= 15 is 0 Å². The molecular weight excluding hydrogens is 1460 g/mol. The van der Waals surface area contributed by atoms with Crippen molar-refractivity contribution < 1.29 is 44.0 Å². The van der Waals surface area contributed by atoms with E-state index in [4.69, 9.17) is 4.42 Å². The number of carbonyl (C=O) groups is 4. The summed E-state index contributed by atoms with van der Waals surface area (Å²) in [7, 11) is 1.98. The Balaban J connectivity index is 0.000000113. The fourth-order valence-corrected chi connectivity index (χ4v) is 32.7. The molecule has 30 atom stereocenters. The van der Waals surface area contributed by atoms with Gasteiger partial charge in [-0.1, -0.05) is 63.1 Å². The van der Waals surface area contributed by atoms with Crippen LogP contribution in [0.15, 0.2) is 82.7 Å². The van der Waals surface area contributed by atoms with Gasteiger partial charge in [-0.15, -0.1) is 0 Å². The average Bonchev–Trinajstić information content (AvgIpc) is 1.52. The Morgan fingerprint density at radius 1 is 0.407 bits per heavy atom. The summed E-state index contributed by atoms with van der Waals surface area (Å²) in [5.74, 6) is 18.2. The second kappa shape index (κ2) is 32.7. The van der Waals surface area contributed by atoms with Gasteiger partial charge in [-0.3, -0.25) is 29.1 Å². The topological polar surface area (TPSA) is 219 Å². The number of Topliss-reactive ketones (excluding diaryl/α,β-unsaturated/α-hetero) is 4. The number of aliphatic hydroxyl groups is 4. The molecule has 14 saturated carbocycles. The standard InChI is InChI=1S/C27H39NO2.C26H37NO3.C26H37NO2.C25H36N2O2/c1-17-5-4-6-19(28-17)15-25(29)24-10-9-23-22-8-7-18-16-26(2,30)13-11-20(18)21(22)12-14-27(23,24)3;1-15-16(2)30-24(27-15)13-23(28)22-8-7-21-20-6-5-17-14-25(3,29)11-9-18(17)19(20)10-12-26(21,22)4;1-25(29)12-10-19-17(16-25)6-7-21-20(19)11-13-26(2)22(21)8-9-23(26)24(28)15-18-5-3-4-14-27-18;1-24(29)10-8-17-16(15-24)4-5-19-18(17)9-11-25(2)20(19)6-7-21(25)22(28)14-23-26-12-13-27(23)3/h4-6,18,20-24,30H,7-16H2,1-3H3;5,18-22,29H,6-14H2,1-4H3;3-5,14,17,19-23,29H,6-13,15-16H2,1-2H3;4,12-13,17-21,29H,5-11,14-15H2,1-3H3/t18-,20+,21-,22-,23+,24-,26-,27+;18-,19+,20+,21-,22+,25+,26-;17-,19+,20-,21-,22+,23-,25-,26+;17-,18+,19+,20-,21+,24+,25-/m1010/s1. The quantitative estimate of drug-likeness (QED) is 0.0972. The Bertz CT molecular complexity index is 4370. The smallest absolute Gasteiger partial charge is 0.202 e. The molecule has 14 nitrogen and oxygen atoms in total. The third kappa shape index (κ3) is 16.2. The zero-order valence-electron chi connectivity index (χ0n) is 74.5. The van der Waals surface area contributed by atoms with Crippen molar-refractivity contribution in [2.24, 2.45) is 159 Å². The van der Waals surface area contributed by atoms with E-state index < -0.39 is 22.4 Å². The van der Waals surface area contributed by atoms with E-state index in [0.717, 1.165) is 214 Å². The maximum absolute atomic E-state index is 13.4. The SMILES string of the molecule is C[C@@]1(O)CC[C@H]2[C@H](CC[C@@H]3[C@@H]2CC[C@]2(C)[C@@H](C(=O)Cc4ccccn4)CC[C@@H]32)C1.Cc1cccc(CC(=O)[C@H]2CC[C@H]3[C@@H]4CC[C@@H]5C[C@](C)(O)CC[C@@H]5[C@H]4CC[C@]23C)n1.Cc1nc(CC(=O)[C@H]2CC[C@H]3[C@@H]4CC=C5C[C@](C)(O)CC[C@@H]5[C@H]4CC[C@]23C)oc1C.Cn1ccnc1CC(=O)[C@H]1CC[C@H]2[C@@H]3CC=C4C[C@](C)(O)CC[C@@H]4[C@H]3CC[C@]12C. The Morgan fingerprint density at radius 2 is 0.831 bits per heavy atom. The van der Waals surface area contributed by atoms with Crippen LogP contribution in [0.1, 0.15) is 314 Å². The predicted molar refractivity (Wildman–Crippen MR) is 462 cm³/mol. The molecular formula is C104H149N5O9. The number of imidazole rings is 1. The van der Waals surface area contributed by atoms with Gasteiger partial charge in [-0.2, -0.15) is 0 Å². The van der Waals surface area contributed by atoms with E-state index in [0.29, 0.717) is 84.3 Å². The molecule has 0 bridgehead atoms. The maximum Gasteiger partial charge on any atom is 0.202 e. The Morgan fingerprint density at radius 3 is 1.26 bits per heavy atom. The van der Waals surface area contributed by atoms with Crippen LogP contribution in [-0.4, -0.2) is 90.5 Å². The van der Waals surface area contributed by atoms with Crippen LogP contribution < -0.4 is 0 Å². The molecule has 14 heteroatoms. The van der Waals surface area contributed by atoms with Gasteiger partial charge in [0.25, 0.3) is 0 Å². The number of aromatic nitrogens is 5. The highest BCUT2D eigenvalue weighted by molar-refractivity contribution is 5.86. The third-order valence-electron chi connectivity index (χ3n) is 38.5. The van der Waals surface area contributed by atoms with Crippen molar-refractivity contribution in [2.45, 2.75) is 343 Å². The molecule has 644 valence electrons. The van der Waals surface area contributed by atoms with Gasteiger partial charge in [0.2, 0.25) is 5.89 Å². The fraction of sp³-hybridized carbons (Fsp3) is 0.769. The van der Waals surface area contributed by atoms with Crippen molar-refractivity contribution in [2.75, 3.05) is 0 Å². The molecule has 16 aliphatic rings. The lowest BCUT2D eigenvalue weighted by atomic mass is 9.49. The highest BCUT2D eigenvalue weighted by atomic mass is 16.4. The molecule has 4 aromatic rings. The lowest BCUT2D eigenvalue weighted by molar-refractivity contribution is -0.132. The first-order valence-electron chi connectivity index (χ1n) is 48.2. The molecule has 118 heavy (non-hydrogen) atoms. The molecule has 0 radical (unpaired) electrons. The van der Waals surface area contributed by atoms with Gasteiger partial charge in [-0.25, -0.2) is 9.97 Å². The number of aryl methyl sites for hydroxylation is 4. The summed E-state index contributed by atoms with van der Waals surface area (Å²) < 4.78 is 7.70. The van der Waals surface area contributed by atoms with Crippen LogP contribution in [0.5, 0.6) is 0 Å². The van der Waals surface area contributed by atoms with E-state index in [1.54, 1.807) is 12.4 Å². The maximum atomic E-state index is 13.4. The fourth-order valence-electron chi connectivity index (χ4n) is 32.7. The van der Waals surface area contributed by atoms with Gasteiger partial charge in [0.15, 0.2) is 0 Å². The van der Waals surface area contributed by atoms with Crippen LogP contribution in [0, 0.1) is 173 Å². The normalized spacial score (nSPS) is 44.6. The summed E-state index contributed by atoms with van der Waals surface area (Å²) in [5.41, 5.74) is 5.59. The molecule has 0 aliphatic heterocycles. The summed E-state index contributed by atoms with van der Waals surface area (Å²) in [6, 6.07) is 11.9. The molecule has 4 heterocycles. The summed E-state index contributed by atoms with van der Waals surface area (Å²) in [4.78, 5) is 71.1. The van der Waals surface area contributed by atoms with Gasteiger partial charge in [0.05, 0.1) is 40.9 Å². The largest absolute Gasteiger partial charge is 0.445 e. The number of fused-ring (bicyclic) bond motifs is 20. The molecule has 4 aromatic heterocycles. The molecule has 14 fully saturated rings. The summed E-state index contributed by atoms with van der Waals surface area (Å²) >= 11 is 0. The zero-order valence-corrected chi connectivity index (χ0v) is 74.5. The highest BCUT2D eigenvalue weighted by Crippen LogP contribution is 2.70. The second-order valence-electron chi connectivity index (χ2n) is 45.5. The minimum absolute atomic E-state index is 0.125. The number of oxazole rings is 1. The van der Waals surface area contributed by atoms with E-state index in [9.17, 15) is 39.6 Å². The minimum atomic E-state index is -0.514. The first-order valence-corrected chi connectivity index (χ1v) is 48.2. The Kier molecular flexibility index (Phi) is 23.5. The van der Waals surface area contributed by atoms with Gasteiger partial charge >= 0.3 is 0 Å². The van der Waals surface area contributed by atoms with Crippen LogP contribution in [-0.2, 0) is 51.9 Å². The number of rotatable bonds is 12. The lowest BCUT2D eigenvalue weighted by Gasteiger charge is -2.56. The van der Waals surface area contributed by atoms with Gasteiger partial charge in [0, 0.05) is 79.2 Å². The van der Waals surface area contributed by atoms with Crippen molar-refractivity contribution in [3.05, 3.63) is 119 Å². The van der Waals surface area contributed by atoms with Crippen LogP contribution >= 0.6 is 0 Å².